The molecule has 0 saturated heterocycles. The molecule has 6 heteroatoms. The lowest BCUT2D eigenvalue weighted by atomic mass is 10.1. The van der Waals surface area contributed by atoms with Crippen molar-refractivity contribution in [3.05, 3.63) is 66.7 Å². The largest absolute Gasteiger partial charge is 0.493 e. The second kappa shape index (κ2) is 10.2. The fourth-order valence-corrected chi connectivity index (χ4v) is 3.57. The first-order valence-electron chi connectivity index (χ1n) is 10.5. The van der Waals surface area contributed by atoms with Gasteiger partial charge in [0.25, 0.3) is 0 Å². The molecule has 0 spiro atoms. The van der Waals surface area contributed by atoms with Gasteiger partial charge in [0, 0.05) is 41.3 Å². The molecule has 6 nitrogen and oxygen atoms in total. The minimum atomic E-state index is -0.483. The van der Waals surface area contributed by atoms with Gasteiger partial charge in [-0.15, -0.1) is 0 Å². The van der Waals surface area contributed by atoms with E-state index >= 15 is 0 Å². The molecule has 0 bridgehead atoms. The van der Waals surface area contributed by atoms with Crippen molar-refractivity contribution < 1.29 is 19.3 Å². The van der Waals surface area contributed by atoms with Crippen molar-refractivity contribution in [2.75, 3.05) is 33.4 Å². The Hall–Kier alpha value is -3.22. The zero-order valence-electron chi connectivity index (χ0n) is 17.6. The number of para-hydroxylation sites is 3. The minimum absolute atomic E-state index is 0.453. The predicted molar refractivity (Wildman–Crippen MR) is 123 cm³/mol. The Bertz CT molecular complexity index is 1120. The van der Waals surface area contributed by atoms with Gasteiger partial charge in [-0.3, -0.25) is 0 Å². The number of nitrogens with one attached hydrogen (secondary N) is 2. The predicted octanol–water partition coefficient (Wildman–Crippen LogP) is 4.13. The second-order valence-electron chi connectivity index (χ2n) is 7.37. The van der Waals surface area contributed by atoms with E-state index in [1.807, 2.05) is 54.6 Å². The van der Waals surface area contributed by atoms with Crippen molar-refractivity contribution in [3.8, 4) is 17.2 Å². The molecule has 3 aromatic carbocycles. The summed E-state index contributed by atoms with van der Waals surface area (Å²) in [5.74, 6) is 2.24. The van der Waals surface area contributed by atoms with Gasteiger partial charge >= 0.3 is 0 Å². The number of aromatic amines is 1. The maximum absolute atomic E-state index is 10.2. The van der Waals surface area contributed by atoms with Crippen LogP contribution in [0.2, 0.25) is 0 Å². The van der Waals surface area contributed by atoms with E-state index in [-0.39, 0.29) is 0 Å². The number of rotatable bonds is 11. The molecule has 0 aliphatic rings. The fourth-order valence-electron chi connectivity index (χ4n) is 3.57. The first kappa shape index (κ1) is 21.0. The molecule has 0 amide bonds. The molecule has 31 heavy (non-hydrogen) atoms. The van der Waals surface area contributed by atoms with Gasteiger partial charge in [-0.2, -0.15) is 0 Å². The van der Waals surface area contributed by atoms with Crippen molar-refractivity contribution in [3.63, 3.8) is 0 Å². The molecular formula is C25H28N2O4. The van der Waals surface area contributed by atoms with Crippen LogP contribution in [0.1, 0.15) is 6.42 Å². The van der Waals surface area contributed by atoms with Gasteiger partial charge in [0.05, 0.1) is 19.8 Å². The van der Waals surface area contributed by atoms with Crippen molar-refractivity contribution in [2.24, 2.45) is 0 Å². The second-order valence-corrected chi connectivity index (χ2v) is 7.37. The van der Waals surface area contributed by atoms with Crippen LogP contribution in [0.3, 0.4) is 0 Å². The third-order valence-electron chi connectivity index (χ3n) is 5.18. The van der Waals surface area contributed by atoms with Gasteiger partial charge in [-0.1, -0.05) is 30.3 Å². The third kappa shape index (κ3) is 5.29. The van der Waals surface area contributed by atoms with Crippen molar-refractivity contribution in [1.82, 2.24) is 10.3 Å². The smallest absolute Gasteiger partial charge is 0.161 e. The van der Waals surface area contributed by atoms with Crippen molar-refractivity contribution in [1.29, 1.82) is 0 Å². The van der Waals surface area contributed by atoms with E-state index in [1.165, 1.54) is 5.39 Å². The van der Waals surface area contributed by atoms with E-state index < -0.39 is 6.10 Å². The van der Waals surface area contributed by atoms with E-state index in [4.69, 9.17) is 14.2 Å². The molecule has 0 saturated carbocycles. The molecule has 0 radical (unpaired) electrons. The Morgan fingerprint density at radius 2 is 1.65 bits per heavy atom. The molecule has 0 fully saturated rings. The average Bonchev–Trinajstić information content (AvgIpc) is 3.17. The van der Waals surface area contributed by atoms with Crippen LogP contribution in [-0.4, -0.2) is 49.6 Å². The molecule has 1 atom stereocenters. The van der Waals surface area contributed by atoms with Crippen molar-refractivity contribution >= 4 is 21.8 Å². The van der Waals surface area contributed by atoms with E-state index in [1.54, 1.807) is 7.11 Å². The van der Waals surface area contributed by atoms with Gasteiger partial charge < -0.3 is 29.6 Å². The molecular weight excluding hydrogens is 392 g/mol. The van der Waals surface area contributed by atoms with Crippen LogP contribution in [0.4, 0.5) is 0 Å². The number of methoxy groups -OCH3 is 1. The Labute approximate surface area is 181 Å². The number of hydrogen-bond acceptors (Lipinski definition) is 5. The summed E-state index contributed by atoms with van der Waals surface area (Å²) in [6.07, 6.45) is 0.0646. The standard InChI is InChI=1S/C25H28N2O4/c1-29-24-8-4-5-9-25(24)31-15-13-26-17-18(28)12-14-30-19-10-11-23-21(16-19)20-6-2-3-7-22(20)27-23/h2-11,16,18,26-28H,12-15,17H2,1H3. The fraction of sp³-hybridized carbons (Fsp3) is 0.280. The molecule has 4 aromatic rings. The molecule has 1 unspecified atom stereocenters. The number of aromatic nitrogens is 1. The maximum atomic E-state index is 10.2. The Kier molecular flexibility index (Phi) is 6.92. The molecule has 1 aromatic heterocycles. The monoisotopic (exact) mass is 420 g/mol. The molecule has 162 valence electrons. The number of aliphatic hydroxyl groups is 1. The summed E-state index contributed by atoms with van der Waals surface area (Å²) in [4.78, 5) is 3.41. The van der Waals surface area contributed by atoms with Gasteiger partial charge in [-0.05, 0) is 36.4 Å². The Morgan fingerprint density at radius 3 is 2.52 bits per heavy atom. The molecule has 3 N–H and O–H groups in total. The Morgan fingerprint density at radius 1 is 0.871 bits per heavy atom. The van der Waals surface area contributed by atoms with E-state index in [0.717, 1.165) is 22.2 Å². The lowest BCUT2D eigenvalue weighted by molar-refractivity contribution is 0.136. The minimum Gasteiger partial charge on any atom is -0.493 e. The van der Waals surface area contributed by atoms with Gasteiger partial charge in [0.2, 0.25) is 0 Å². The van der Waals surface area contributed by atoms with Gasteiger partial charge in [0.1, 0.15) is 12.4 Å². The van der Waals surface area contributed by atoms with Crippen LogP contribution in [-0.2, 0) is 0 Å². The zero-order chi connectivity index (χ0) is 21.5. The zero-order valence-corrected chi connectivity index (χ0v) is 17.6. The lowest BCUT2D eigenvalue weighted by Gasteiger charge is -2.14. The first-order chi connectivity index (χ1) is 15.2. The van der Waals surface area contributed by atoms with E-state index in [0.29, 0.717) is 44.2 Å². The summed E-state index contributed by atoms with van der Waals surface area (Å²) in [7, 11) is 1.62. The highest BCUT2D eigenvalue weighted by atomic mass is 16.5. The van der Waals surface area contributed by atoms with Crippen LogP contribution in [0, 0.1) is 0 Å². The average molecular weight is 421 g/mol. The highest BCUT2D eigenvalue weighted by molar-refractivity contribution is 6.07. The quantitative estimate of drug-likeness (QED) is 0.318. The molecule has 0 aliphatic carbocycles. The third-order valence-corrected chi connectivity index (χ3v) is 5.18. The summed E-state index contributed by atoms with van der Waals surface area (Å²) in [6, 6.07) is 21.8. The normalized spacial score (nSPS) is 12.2. The topological polar surface area (TPSA) is 75.7 Å². The van der Waals surface area contributed by atoms with Crippen LogP contribution in [0.15, 0.2) is 66.7 Å². The van der Waals surface area contributed by atoms with Gasteiger partial charge in [0.15, 0.2) is 11.5 Å². The Balaban J connectivity index is 1.17. The van der Waals surface area contributed by atoms with E-state index in [2.05, 4.69) is 22.4 Å². The number of ether oxygens (including phenoxy) is 3. The molecule has 4 rings (SSSR count). The number of benzene rings is 3. The molecule has 1 heterocycles. The SMILES string of the molecule is COc1ccccc1OCCNCC(O)CCOc1ccc2[nH]c3ccccc3c2c1. The number of aliphatic hydroxyl groups excluding tert-OH is 1. The summed E-state index contributed by atoms with van der Waals surface area (Å²) >= 11 is 0. The summed E-state index contributed by atoms with van der Waals surface area (Å²) in [5, 5.41) is 15.7. The molecule has 0 aliphatic heterocycles. The van der Waals surface area contributed by atoms with Crippen LogP contribution in [0.25, 0.3) is 21.8 Å². The summed E-state index contributed by atoms with van der Waals surface area (Å²) in [5.41, 5.74) is 2.21. The maximum Gasteiger partial charge on any atom is 0.161 e. The van der Waals surface area contributed by atoms with Crippen LogP contribution < -0.4 is 19.5 Å². The number of hydrogen-bond donors (Lipinski definition) is 3. The highest BCUT2D eigenvalue weighted by Gasteiger charge is 2.08. The van der Waals surface area contributed by atoms with Gasteiger partial charge in [-0.25, -0.2) is 0 Å². The highest BCUT2D eigenvalue weighted by Crippen LogP contribution is 2.28. The lowest BCUT2D eigenvalue weighted by Crippen LogP contribution is -2.31. The summed E-state index contributed by atoms with van der Waals surface area (Å²) in [6.45, 7) is 2.07. The van der Waals surface area contributed by atoms with Crippen molar-refractivity contribution in [2.45, 2.75) is 12.5 Å². The van der Waals surface area contributed by atoms with E-state index in [9.17, 15) is 5.11 Å². The number of H-pyrrole nitrogens is 1. The first-order valence-corrected chi connectivity index (χ1v) is 10.5. The van der Waals surface area contributed by atoms with Crippen LogP contribution in [0.5, 0.6) is 17.2 Å². The van der Waals surface area contributed by atoms with Crippen LogP contribution >= 0.6 is 0 Å². The number of fused-ring (bicyclic) bond motifs is 3. The summed E-state index contributed by atoms with van der Waals surface area (Å²) < 4.78 is 16.8.